The second kappa shape index (κ2) is 8.52. The number of carbonyl (C=O) groups excluding carboxylic acids is 1. The van der Waals surface area contributed by atoms with Crippen molar-refractivity contribution in [1.29, 1.82) is 0 Å². The van der Waals surface area contributed by atoms with Gasteiger partial charge in [-0.3, -0.25) is 0 Å². The minimum atomic E-state index is -0.302. The minimum Gasteiger partial charge on any atom is -0.334 e. The third-order valence-corrected chi connectivity index (χ3v) is 5.39. The van der Waals surface area contributed by atoms with Gasteiger partial charge < -0.3 is 10.2 Å². The summed E-state index contributed by atoms with van der Waals surface area (Å²) in [4.78, 5) is 27.1. The van der Waals surface area contributed by atoms with Gasteiger partial charge in [-0.1, -0.05) is 30.3 Å². The first-order valence-corrected chi connectivity index (χ1v) is 10.0. The summed E-state index contributed by atoms with van der Waals surface area (Å²) >= 11 is 0. The Balaban J connectivity index is 1.49. The van der Waals surface area contributed by atoms with Gasteiger partial charge in [0.2, 0.25) is 0 Å². The van der Waals surface area contributed by atoms with Gasteiger partial charge in [-0.05, 0) is 42.7 Å². The second-order valence-electron chi connectivity index (χ2n) is 7.51. The first-order chi connectivity index (χ1) is 14.5. The Labute approximate surface area is 173 Å². The van der Waals surface area contributed by atoms with E-state index in [0.29, 0.717) is 25.5 Å². The molecule has 0 aliphatic carbocycles. The maximum Gasteiger partial charge on any atom is 0.350 e. The van der Waals surface area contributed by atoms with Crippen LogP contribution in [0.3, 0.4) is 0 Å². The number of rotatable bonds is 4. The van der Waals surface area contributed by atoms with Crippen molar-refractivity contribution in [3.63, 3.8) is 0 Å². The highest BCUT2D eigenvalue weighted by Crippen LogP contribution is 2.26. The molecule has 30 heavy (non-hydrogen) atoms. The number of urea groups is 1. The number of benzene rings is 2. The van der Waals surface area contributed by atoms with Crippen molar-refractivity contribution >= 4 is 6.03 Å². The van der Waals surface area contributed by atoms with Gasteiger partial charge in [-0.2, -0.15) is 5.10 Å². The number of piperidine rings is 1. The molecule has 1 N–H and O–H groups in total. The number of likely N-dealkylation sites (tertiary alicyclic amines) is 1. The molecule has 7 nitrogen and oxygen atoms in total. The zero-order valence-electron chi connectivity index (χ0n) is 16.8. The smallest absolute Gasteiger partial charge is 0.334 e. The van der Waals surface area contributed by atoms with Crippen molar-refractivity contribution in [2.24, 2.45) is 7.05 Å². The highest BCUT2D eigenvalue weighted by atomic mass is 19.1. The van der Waals surface area contributed by atoms with Gasteiger partial charge in [0.15, 0.2) is 0 Å². The molecular formula is C22H24FN5O2. The van der Waals surface area contributed by atoms with E-state index in [9.17, 15) is 14.0 Å². The lowest BCUT2D eigenvalue weighted by molar-refractivity contribution is 0.177. The van der Waals surface area contributed by atoms with E-state index in [1.54, 1.807) is 28.6 Å². The third-order valence-electron chi connectivity index (χ3n) is 5.39. The summed E-state index contributed by atoms with van der Waals surface area (Å²) in [5.41, 5.74) is 1.40. The lowest BCUT2D eigenvalue weighted by Gasteiger charge is -2.32. The fourth-order valence-corrected chi connectivity index (χ4v) is 3.83. The van der Waals surface area contributed by atoms with Crippen LogP contribution in [0, 0.1) is 5.82 Å². The number of para-hydroxylation sites is 1. The fraction of sp³-hybridized carbons (Fsp3) is 0.318. The Morgan fingerprint density at radius 2 is 1.90 bits per heavy atom. The van der Waals surface area contributed by atoms with E-state index in [4.69, 9.17) is 0 Å². The van der Waals surface area contributed by atoms with E-state index in [2.05, 4.69) is 10.4 Å². The highest BCUT2D eigenvalue weighted by molar-refractivity contribution is 5.74. The molecular weight excluding hydrogens is 385 g/mol. The maximum absolute atomic E-state index is 13.0. The molecule has 1 aliphatic rings. The van der Waals surface area contributed by atoms with Crippen molar-refractivity contribution in [2.45, 2.75) is 25.3 Å². The van der Waals surface area contributed by atoms with E-state index in [1.165, 1.54) is 16.8 Å². The number of aryl methyl sites for hydroxylation is 1. The van der Waals surface area contributed by atoms with Crippen molar-refractivity contribution in [3.05, 3.63) is 82.3 Å². The lowest BCUT2D eigenvalue weighted by atomic mass is 9.97. The van der Waals surface area contributed by atoms with E-state index in [-0.39, 0.29) is 23.5 Å². The van der Waals surface area contributed by atoms with E-state index in [1.807, 2.05) is 30.3 Å². The van der Waals surface area contributed by atoms with Crippen LogP contribution >= 0.6 is 0 Å². The fourth-order valence-electron chi connectivity index (χ4n) is 3.83. The first kappa shape index (κ1) is 19.9. The van der Waals surface area contributed by atoms with Gasteiger partial charge in [0, 0.05) is 32.6 Å². The van der Waals surface area contributed by atoms with Crippen LogP contribution in [0.5, 0.6) is 0 Å². The first-order valence-electron chi connectivity index (χ1n) is 10.0. The standard InChI is InChI=1S/C22H24FN5O2/c1-26-22(30)28(19-7-3-2-4-8-19)20(25-26)17-6-5-13-27(15-17)21(29)24-14-16-9-11-18(23)12-10-16/h2-4,7-12,17H,5-6,13-15H2,1H3,(H,24,29). The number of hydrogen-bond donors (Lipinski definition) is 1. The molecule has 8 heteroatoms. The Morgan fingerprint density at radius 1 is 1.17 bits per heavy atom. The van der Waals surface area contributed by atoms with Gasteiger partial charge in [-0.15, -0.1) is 0 Å². The quantitative estimate of drug-likeness (QED) is 0.720. The number of hydrogen-bond acceptors (Lipinski definition) is 3. The number of carbonyl (C=O) groups is 1. The van der Waals surface area contributed by atoms with Gasteiger partial charge in [-0.25, -0.2) is 23.2 Å². The van der Waals surface area contributed by atoms with Crippen molar-refractivity contribution in [3.8, 4) is 5.69 Å². The Bertz CT molecular complexity index is 1080. The molecule has 3 aromatic rings. The van der Waals surface area contributed by atoms with E-state index >= 15 is 0 Å². The van der Waals surface area contributed by atoms with Gasteiger partial charge >= 0.3 is 11.7 Å². The lowest BCUT2D eigenvalue weighted by Crippen LogP contribution is -2.45. The Hall–Kier alpha value is -3.42. The van der Waals surface area contributed by atoms with Crippen LogP contribution in [0.25, 0.3) is 5.69 Å². The molecule has 1 unspecified atom stereocenters. The molecule has 1 saturated heterocycles. The average Bonchev–Trinajstić information content (AvgIpc) is 3.08. The van der Waals surface area contributed by atoms with Gasteiger partial charge in [0.05, 0.1) is 5.69 Å². The molecule has 1 aromatic heterocycles. The SMILES string of the molecule is Cn1nc(C2CCCN(C(=O)NCc3ccc(F)cc3)C2)n(-c2ccccc2)c1=O. The van der Waals surface area contributed by atoms with E-state index in [0.717, 1.165) is 24.1 Å². The molecule has 2 heterocycles. The Kier molecular flexibility index (Phi) is 5.65. The molecule has 1 fully saturated rings. The highest BCUT2D eigenvalue weighted by Gasteiger charge is 2.29. The number of nitrogens with zero attached hydrogens (tertiary/aromatic N) is 4. The molecule has 0 bridgehead atoms. The summed E-state index contributed by atoms with van der Waals surface area (Å²) in [6.07, 6.45) is 1.68. The topological polar surface area (TPSA) is 72.2 Å². The zero-order valence-corrected chi connectivity index (χ0v) is 16.8. The molecule has 2 amide bonds. The molecule has 156 valence electrons. The summed E-state index contributed by atoms with van der Waals surface area (Å²) in [5, 5.41) is 7.37. The predicted octanol–water partition coefficient (Wildman–Crippen LogP) is 2.80. The summed E-state index contributed by atoms with van der Waals surface area (Å²) in [5.74, 6) is 0.331. The van der Waals surface area contributed by atoms with Crippen LogP contribution in [-0.4, -0.2) is 38.4 Å². The average molecular weight is 409 g/mol. The summed E-state index contributed by atoms with van der Waals surface area (Å²) in [7, 11) is 1.64. The molecule has 4 rings (SSSR count). The van der Waals surface area contributed by atoms with Crippen molar-refractivity contribution < 1.29 is 9.18 Å². The Morgan fingerprint density at radius 3 is 2.63 bits per heavy atom. The van der Waals surface area contributed by atoms with E-state index < -0.39 is 0 Å². The van der Waals surface area contributed by atoms with Crippen molar-refractivity contribution in [1.82, 2.24) is 24.6 Å². The normalized spacial score (nSPS) is 16.5. The number of amides is 2. The maximum atomic E-state index is 13.0. The molecule has 1 atom stereocenters. The molecule has 2 aromatic carbocycles. The summed E-state index contributed by atoms with van der Waals surface area (Å²) in [6, 6.07) is 15.3. The van der Waals surface area contributed by atoms with Crippen LogP contribution in [0.15, 0.2) is 59.4 Å². The minimum absolute atomic E-state index is 0.0376. The number of aromatic nitrogens is 3. The largest absolute Gasteiger partial charge is 0.350 e. The van der Waals surface area contributed by atoms with Crippen LogP contribution in [0.4, 0.5) is 9.18 Å². The molecule has 1 aliphatic heterocycles. The molecule has 0 radical (unpaired) electrons. The third kappa shape index (κ3) is 4.12. The van der Waals surface area contributed by atoms with Crippen molar-refractivity contribution in [2.75, 3.05) is 13.1 Å². The van der Waals surface area contributed by atoms with Crippen LogP contribution in [-0.2, 0) is 13.6 Å². The molecule has 0 spiro atoms. The zero-order chi connectivity index (χ0) is 21.1. The second-order valence-corrected chi connectivity index (χ2v) is 7.51. The van der Waals surface area contributed by atoms with Gasteiger partial charge in [0.25, 0.3) is 0 Å². The predicted molar refractivity (Wildman–Crippen MR) is 111 cm³/mol. The summed E-state index contributed by atoms with van der Waals surface area (Å²) < 4.78 is 16.0. The van der Waals surface area contributed by atoms with Gasteiger partial charge in [0.1, 0.15) is 11.6 Å². The number of halogens is 1. The van der Waals surface area contributed by atoms with Crippen LogP contribution in [0.1, 0.15) is 30.1 Å². The molecule has 0 saturated carbocycles. The van der Waals surface area contributed by atoms with Crippen LogP contribution in [0.2, 0.25) is 0 Å². The van der Waals surface area contributed by atoms with Crippen LogP contribution < -0.4 is 11.0 Å². The summed E-state index contributed by atoms with van der Waals surface area (Å²) in [6.45, 7) is 1.46. The monoisotopic (exact) mass is 409 g/mol. The number of nitrogens with one attached hydrogen (secondary N) is 1.